The minimum Gasteiger partial charge on any atom is -0.453 e. The van der Waals surface area contributed by atoms with Crippen LogP contribution in [0.25, 0.3) is 55.1 Å². The number of nitrogens with one attached hydrogen (secondary N) is 4. The maximum Gasteiger partial charge on any atom is 0.407 e. The molecule has 66 heavy (non-hydrogen) atoms. The van der Waals surface area contributed by atoms with Gasteiger partial charge in [-0.2, -0.15) is 0 Å². The van der Waals surface area contributed by atoms with Gasteiger partial charge >= 0.3 is 12.2 Å². The van der Waals surface area contributed by atoms with Crippen molar-refractivity contribution in [3.8, 4) is 22.3 Å². The number of imidazole rings is 2. The van der Waals surface area contributed by atoms with Gasteiger partial charge in [0.2, 0.25) is 0 Å². The van der Waals surface area contributed by atoms with E-state index in [0.29, 0.717) is 30.0 Å². The van der Waals surface area contributed by atoms with Crippen molar-refractivity contribution in [2.45, 2.75) is 49.9 Å². The fraction of sp³-hybridized carbons (Fsp3) is 0.231. The predicted octanol–water partition coefficient (Wildman–Crippen LogP) is 9.45. The average molecular weight is 881 g/mol. The highest BCUT2D eigenvalue weighted by molar-refractivity contribution is 6.05. The Hall–Kier alpha value is -8.00. The molecule has 14 heteroatoms. The molecular formula is C52H48N8O6. The lowest BCUT2D eigenvalue weighted by atomic mass is 9.98. The van der Waals surface area contributed by atoms with Crippen LogP contribution in [0.15, 0.2) is 133 Å². The fourth-order valence-corrected chi connectivity index (χ4v) is 9.56. The van der Waals surface area contributed by atoms with Crippen LogP contribution in [-0.2, 0) is 19.1 Å². The molecule has 332 valence electrons. The number of amides is 4. The van der Waals surface area contributed by atoms with E-state index in [9.17, 15) is 19.2 Å². The van der Waals surface area contributed by atoms with Crippen LogP contribution in [0.4, 0.5) is 9.59 Å². The van der Waals surface area contributed by atoms with Crippen molar-refractivity contribution in [2.75, 3.05) is 27.3 Å². The number of carbonyl (C=O) groups is 4. The van der Waals surface area contributed by atoms with Crippen LogP contribution >= 0.6 is 0 Å². The number of methoxy groups -OCH3 is 2. The summed E-state index contributed by atoms with van der Waals surface area (Å²) in [5, 5.41) is 7.52. The molecule has 2 aliphatic rings. The van der Waals surface area contributed by atoms with E-state index in [1.165, 1.54) is 14.2 Å². The fourth-order valence-electron chi connectivity index (χ4n) is 9.56. The summed E-state index contributed by atoms with van der Waals surface area (Å²) in [5.74, 6) is 1.01. The number of rotatable bonds is 10. The molecule has 0 saturated carbocycles. The zero-order chi connectivity index (χ0) is 45.3. The van der Waals surface area contributed by atoms with Gasteiger partial charge in [-0.05, 0) is 88.7 Å². The molecule has 10 rings (SSSR count). The number of likely N-dealkylation sites (tertiary alicyclic amines) is 2. The van der Waals surface area contributed by atoms with Crippen LogP contribution in [0.5, 0.6) is 0 Å². The molecule has 4 heterocycles. The molecule has 6 aromatic carbocycles. The second-order valence-electron chi connectivity index (χ2n) is 16.8. The molecule has 8 aromatic rings. The lowest BCUT2D eigenvalue weighted by molar-refractivity contribution is -0.135. The van der Waals surface area contributed by atoms with E-state index in [4.69, 9.17) is 19.4 Å². The zero-order valence-corrected chi connectivity index (χ0v) is 36.5. The second kappa shape index (κ2) is 17.9. The Morgan fingerprint density at radius 3 is 1.62 bits per heavy atom. The van der Waals surface area contributed by atoms with Crippen molar-refractivity contribution in [2.24, 2.45) is 0 Å². The largest absolute Gasteiger partial charge is 0.453 e. The number of hydrogen-bond donors (Lipinski definition) is 4. The highest BCUT2D eigenvalue weighted by Gasteiger charge is 2.39. The summed E-state index contributed by atoms with van der Waals surface area (Å²) in [6.07, 6.45) is 1.78. The van der Waals surface area contributed by atoms with Crippen LogP contribution in [0.1, 0.15) is 72.6 Å². The van der Waals surface area contributed by atoms with Crippen molar-refractivity contribution in [1.29, 1.82) is 0 Å². The van der Waals surface area contributed by atoms with Gasteiger partial charge in [0.05, 0.1) is 48.4 Å². The van der Waals surface area contributed by atoms with Gasteiger partial charge in [0.15, 0.2) is 0 Å². The summed E-state index contributed by atoms with van der Waals surface area (Å²) in [6, 6.07) is 41.3. The molecule has 2 aliphatic heterocycles. The molecule has 0 spiro atoms. The van der Waals surface area contributed by atoms with Crippen LogP contribution < -0.4 is 10.6 Å². The molecule has 0 aliphatic carbocycles. The van der Waals surface area contributed by atoms with E-state index < -0.39 is 24.3 Å². The molecule has 0 radical (unpaired) electrons. The number of hydrogen-bond acceptors (Lipinski definition) is 8. The normalized spacial score (nSPS) is 16.9. The van der Waals surface area contributed by atoms with Crippen molar-refractivity contribution in [1.82, 2.24) is 40.4 Å². The van der Waals surface area contributed by atoms with Gasteiger partial charge in [-0.15, -0.1) is 0 Å². The van der Waals surface area contributed by atoms with Gasteiger partial charge in [0, 0.05) is 18.5 Å². The van der Waals surface area contributed by atoms with Crippen molar-refractivity contribution < 1.29 is 28.7 Å². The first kappa shape index (κ1) is 42.0. The Labute approximate surface area is 380 Å². The lowest BCUT2D eigenvalue weighted by Crippen LogP contribution is -2.42. The summed E-state index contributed by atoms with van der Waals surface area (Å²) < 4.78 is 9.72. The van der Waals surface area contributed by atoms with Gasteiger partial charge in [0.1, 0.15) is 23.7 Å². The number of fused-ring (bicyclic) bond motifs is 4. The number of carbonyl (C=O) groups excluding carboxylic acids is 4. The number of benzene rings is 6. The summed E-state index contributed by atoms with van der Waals surface area (Å²) >= 11 is 0. The van der Waals surface area contributed by atoms with Crippen molar-refractivity contribution in [3.63, 3.8) is 0 Å². The standard InChI is InChI=1S/C52H48N8O6/c1-65-51(63)57-44(33-11-5-3-6-12-33)49(61)59-27-9-15-42(59)47-53-39-25-22-36(30-41(39)55-47)32-19-17-31(18-20-32)35-21-24-38-37(29-35)23-26-40-46(38)56-48(54-40)43-16-10-28-60(43)50(62)45(58-52(64)66-2)34-13-7-4-8-14-34/h3-8,11-14,17-26,29-30,42-45H,9-10,15-16,27-28H2,1-2H3,(H,53,55)(H,54,56)(H,57,63)(H,58,64)/t42-,43-,44+,45+/m0/s1. The average Bonchev–Trinajstić information content (AvgIpc) is 4.21. The molecule has 2 aromatic heterocycles. The Kier molecular flexibility index (Phi) is 11.4. The third kappa shape index (κ3) is 8.06. The Balaban J connectivity index is 0.859. The van der Waals surface area contributed by atoms with Crippen molar-refractivity contribution >= 4 is 56.8 Å². The predicted molar refractivity (Wildman–Crippen MR) is 251 cm³/mol. The van der Waals surface area contributed by atoms with Gasteiger partial charge in [0.25, 0.3) is 11.8 Å². The Morgan fingerprint density at radius 1 is 0.576 bits per heavy atom. The number of ether oxygens (including phenoxy) is 2. The summed E-state index contributed by atoms with van der Waals surface area (Å²) in [7, 11) is 2.57. The lowest BCUT2D eigenvalue weighted by Gasteiger charge is -2.28. The Bertz CT molecular complexity index is 3100. The van der Waals surface area contributed by atoms with Crippen LogP contribution in [0, 0.1) is 0 Å². The summed E-state index contributed by atoms with van der Waals surface area (Å²) in [4.78, 5) is 73.4. The number of alkyl carbamates (subject to hydrolysis) is 2. The molecule has 2 fully saturated rings. The minimum atomic E-state index is -0.891. The van der Waals surface area contributed by atoms with Gasteiger partial charge < -0.3 is 39.9 Å². The topological polar surface area (TPSA) is 175 Å². The number of aromatic nitrogens is 4. The van der Waals surface area contributed by atoms with E-state index in [-0.39, 0.29) is 23.9 Å². The molecular weight excluding hydrogens is 833 g/mol. The number of nitrogens with zero attached hydrogens (tertiary/aromatic N) is 4. The quantitative estimate of drug-likeness (QED) is 0.105. The van der Waals surface area contributed by atoms with Crippen LogP contribution in [0.3, 0.4) is 0 Å². The van der Waals surface area contributed by atoms with E-state index >= 15 is 0 Å². The SMILES string of the molecule is COC(=O)N[C@@H](C(=O)N1CCC[C@H]1c1nc2cc(-c3ccc(-c4ccc5c(ccc6[nH]c([C@@H]7CCCN7C(=O)[C@H](NC(=O)OC)c7ccccc7)nc65)c4)cc3)ccc2[nH]1)c1ccccc1. The van der Waals surface area contributed by atoms with E-state index in [1.54, 1.807) is 4.90 Å². The van der Waals surface area contributed by atoms with E-state index in [0.717, 1.165) is 86.6 Å². The van der Waals surface area contributed by atoms with E-state index in [1.807, 2.05) is 77.7 Å². The highest BCUT2D eigenvalue weighted by Crippen LogP contribution is 2.38. The third-order valence-corrected chi connectivity index (χ3v) is 12.9. The monoisotopic (exact) mass is 880 g/mol. The molecule has 4 N–H and O–H groups in total. The molecule has 4 atom stereocenters. The molecule has 2 saturated heterocycles. The van der Waals surface area contributed by atoms with Crippen LogP contribution in [0.2, 0.25) is 0 Å². The summed E-state index contributed by atoms with van der Waals surface area (Å²) in [5.41, 5.74) is 8.98. The van der Waals surface area contributed by atoms with Crippen LogP contribution in [-0.4, -0.2) is 81.0 Å². The first-order valence-electron chi connectivity index (χ1n) is 22.2. The molecule has 0 bridgehead atoms. The number of H-pyrrole nitrogens is 2. The minimum absolute atomic E-state index is 0.211. The van der Waals surface area contributed by atoms with Gasteiger partial charge in [-0.1, -0.05) is 109 Å². The van der Waals surface area contributed by atoms with Gasteiger partial charge in [-0.3, -0.25) is 9.59 Å². The maximum absolute atomic E-state index is 14.1. The smallest absolute Gasteiger partial charge is 0.407 e. The highest BCUT2D eigenvalue weighted by atomic mass is 16.5. The summed E-state index contributed by atoms with van der Waals surface area (Å²) in [6.45, 7) is 1.10. The first-order chi connectivity index (χ1) is 32.3. The van der Waals surface area contributed by atoms with Gasteiger partial charge in [-0.25, -0.2) is 19.6 Å². The molecule has 14 nitrogen and oxygen atoms in total. The first-order valence-corrected chi connectivity index (χ1v) is 22.2. The van der Waals surface area contributed by atoms with Crippen molar-refractivity contribution in [3.05, 3.63) is 156 Å². The zero-order valence-electron chi connectivity index (χ0n) is 36.5. The molecule has 0 unspecified atom stereocenters. The Morgan fingerprint density at radius 2 is 1.06 bits per heavy atom. The number of aromatic amines is 2. The van der Waals surface area contributed by atoms with E-state index in [2.05, 4.69) is 81.3 Å². The second-order valence-corrected chi connectivity index (χ2v) is 16.8. The maximum atomic E-state index is 14.1. The third-order valence-electron chi connectivity index (χ3n) is 12.9. The molecule has 4 amide bonds.